The number of anilines is 1. The Labute approximate surface area is 250 Å². The van der Waals surface area contributed by atoms with Gasteiger partial charge >= 0.3 is 29.6 Å². The van der Waals surface area contributed by atoms with Crippen molar-refractivity contribution < 1.29 is 57.2 Å². The number of azo groups is 1. The molecule has 0 heterocycles. The van der Waals surface area contributed by atoms with Crippen LogP contribution in [0.25, 0.3) is 10.8 Å². The van der Waals surface area contributed by atoms with Crippen molar-refractivity contribution >= 4 is 67.1 Å². The van der Waals surface area contributed by atoms with Crippen LogP contribution in [-0.2, 0) is 10.1 Å². The van der Waals surface area contributed by atoms with E-state index in [1.165, 1.54) is 31.4 Å². The van der Waals surface area contributed by atoms with Crippen LogP contribution >= 0.6 is 23.2 Å². The van der Waals surface area contributed by atoms with Gasteiger partial charge in [-0.1, -0.05) is 53.2 Å². The molecule has 0 saturated carbocycles. The number of carbonyl (C=O) groups excluding carboxylic acids is 1. The first kappa shape index (κ1) is 29.9. The largest absolute Gasteiger partial charge is 1.00 e. The molecule has 0 aromatic heterocycles. The molecule has 0 aliphatic heterocycles. The van der Waals surface area contributed by atoms with Crippen molar-refractivity contribution in [3.8, 4) is 11.5 Å². The van der Waals surface area contributed by atoms with Crippen molar-refractivity contribution in [2.45, 2.75) is 11.8 Å². The molecule has 0 saturated heterocycles. The smallest absolute Gasteiger partial charge is 0.870 e. The summed E-state index contributed by atoms with van der Waals surface area (Å²) in [6, 6.07) is 15.4. The van der Waals surface area contributed by atoms with E-state index in [9.17, 15) is 22.9 Å². The summed E-state index contributed by atoms with van der Waals surface area (Å²) >= 11 is 12.2. The molecule has 0 spiro atoms. The van der Waals surface area contributed by atoms with Gasteiger partial charge in [0.05, 0.1) is 23.5 Å². The molecule has 4 aromatic rings. The first-order valence-electron chi connectivity index (χ1n) is 10.6. The van der Waals surface area contributed by atoms with E-state index in [4.69, 9.17) is 27.9 Å². The van der Waals surface area contributed by atoms with Crippen molar-refractivity contribution in [2.24, 2.45) is 10.2 Å². The van der Waals surface area contributed by atoms with Crippen LogP contribution in [-0.4, -0.2) is 26.0 Å². The predicted molar refractivity (Wildman–Crippen MR) is 140 cm³/mol. The maximum absolute atomic E-state index is 13.4. The number of nitrogens with zero attached hydrogens (tertiary/aromatic N) is 2. The van der Waals surface area contributed by atoms with Gasteiger partial charge in [0.1, 0.15) is 16.3 Å². The Morgan fingerprint density at radius 2 is 1.76 bits per heavy atom. The van der Waals surface area contributed by atoms with Crippen molar-refractivity contribution in [1.82, 2.24) is 0 Å². The molecule has 38 heavy (non-hydrogen) atoms. The number of halogens is 2. The molecular formula is C25H18Cl2N3NaO6S. The summed E-state index contributed by atoms with van der Waals surface area (Å²) in [6.07, 6.45) is 0. The Hall–Kier alpha value is -2.70. The average molecular weight is 582 g/mol. The number of methoxy groups -OCH3 is 1. The molecule has 0 bridgehead atoms. The van der Waals surface area contributed by atoms with E-state index >= 15 is 0 Å². The van der Waals surface area contributed by atoms with Gasteiger partial charge in [0.25, 0.3) is 16.0 Å². The van der Waals surface area contributed by atoms with E-state index in [2.05, 4.69) is 15.5 Å². The van der Waals surface area contributed by atoms with E-state index in [0.29, 0.717) is 27.1 Å². The number of amides is 1. The summed E-state index contributed by atoms with van der Waals surface area (Å²) in [5, 5.41) is 25.0. The Kier molecular flexibility index (Phi) is 9.43. The fourth-order valence-corrected chi connectivity index (χ4v) is 4.90. The quantitative estimate of drug-likeness (QED) is 0.203. The van der Waals surface area contributed by atoms with Crippen LogP contribution in [0, 0.1) is 6.92 Å². The third-order valence-corrected chi connectivity index (χ3v) is 6.95. The summed E-state index contributed by atoms with van der Waals surface area (Å²) in [7, 11) is -3.20. The van der Waals surface area contributed by atoms with Gasteiger partial charge in [-0.05, 0) is 54.3 Å². The zero-order valence-corrected chi connectivity index (χ0v) is 24.6. The molecule has 0 aliphatic carbocycles. The van der Waals surface area contributed by atoms with Crippen molar-refractivity contribution in [1.29, 1.82) is 0 Å². The molecule has 9 nitrogen and oxygen atoms in total. The monoisotopic (exact) mass is 581 g/mol. The van der Waals surface area contributed by atoms with Crippen molar-refractivity contribution in [3.63, 3.8) is 0 Å². The zero-order valence-electron chi connectivity index (χ0n) is 20.3. The number of aryl methyl sites for hydroxylation is 1. The van der Waals surface area contributed by atoms with Crippen LogP contribution < -0.4 is 44.7 Å². The van der Waals surface area contributed by atoms with Gasteiger partial charge in [-0.2, -0.15) is 13.5 Å². The second-order valence-corrected chi connectivity index (χ2v) is 10.1. The van der Waals surface area contributed by atoms with Crippen molar-refractivity contribution in [2.75, 3.05) is 12.4 Å². The maximum atomic E-state index is 13.4. The maximum Gasteiger partial charge on any atom is 1.00 e. The Morgan fingerprint density at radius 1 is 1.05 bits per heavy atom. The van der Waals surface area contributed by atoms with E-state index in [0.717, 1.165) is 0 Å². The fraction of sp³-hybridized carbons (Fsp3) is 0.0800. The average Bonchev–Trinajstić information content (AvgIpc) is 2.84. The fourth-order valence-electron chi connectivity index (χ4n) is 3.63. The number of benzene rings is 4. The van der Waals surface area contributed by atoms with Crippen LogP contribution in [0.4, 0.5) is 17.1 Å². The third kappa shape index (κ3) is 6.29. The molecular weight excluding hydrogens is 564 g/mol. The minimum Gasteiger partial charge on any atom is -0.870 e. The minimum atomic E-state index is -4.63. The standard InChI is InChI=1S/C25H19Cl2N3O6S.Na/c1-13-9-19(22(27)21(10-13)37(33,34)35)29-30-23-16-6-4-3-5-14(16)11-17(24(23)31)25(32)28-18-12-15(26)7-8-20(18)36-2;/h3-12,31H,1-2H3,(H,28,32)(H,33,34,35);/q;+1/p-1. The number of hydrogen-bond donors (Lipinski definition) is 2. The molecule has 0 aliphatic rings. The molecule has 190 valence electrons. The summed E-state index contributed by atoms with van der Waals surface area (Å²) in [6.45, 7) is 1.58. The van der Waals surface area contributed by atoms with E-state index in [-0.39, 0.29) is 57.2 Å². The van der Waals surface area contributed by atoms with Gasteiger partial charge in [-0.3, -0.25) is 9.35 Å². The normalized spacial score (nSPS) is 11.4. The van der Waals surface area contributed by atoms with Gasteiger partial charge in [-0.15, -0.1) is 5.11 Å². The van der Waals surface area contributed by atoms with E-state index in [1.807, 2.05) is 0 Å². The molecule has 13 heteroatoms. The number of hydrogen-bond acceptors (Lipinski definition) is 7. The minimum absolute atomic E-state index is 0. The van der Waals surface area contributed by atoms with Gasteiger partial charge < -0.3 is 15.2 Å². The van der Waals surface area contributed by atoms with Gasteiger partial charge in [0.2, 0.25) is 0 Å². The molecule has 4 rings (SSSR count). The van der Waals surface area contributed by atoms with Crippen LogP contribution in [0.2, 0.25) is 10.0 Å². The predicted octanol–water partition coefficient (Wildman–Crippen LogP) is 3.46. The first-order valence-corrected chi connectivity index (χ1v) is 12.8. The number of rotatable bonds is 6. The van der Waals surface area contributed by atoms with Crippen LogP contribution in [0.5, 0.6) is 11.5 Å². The van der Waals surface area contributed by atoms with E-state index < -0.39 is 26.7 Å². The number of nitrogens with one attached hydrogen (secondary N) is 1. The topological polar surface area (TPSA) is 140 Å². The van der Waals surface area contributed by atoms with Gasteiger partial charge in [0, 0.05) is 16.0 Å². The Bertz CT molecular complexity index is 1700. The molecule has 2 N–H and O–H groups in total. The SMILES string of the molecule is COc1ccc(Cl)cc1NC(=O)c1cc2ccccc2c(N=Nc2cc(C)cc(S(=O)(=O)O)c2Cl)c1[O-].[Na+]. The molecule has 0 unspecified atom stereocenters. The van der Waals surface area contributed by atoms with E-state index in [1.54, 1.807) is 43.3 Å². The van der Waals surface area contributed by atoms with Crippen molar-refractivity contribution in [3.05, 3.63) is 81.8 Å². The van der Waals surface area contributed by atoms with Crippen LogP contribution in [0.1, 0.15) is 15.9 Å². The summed E-state index contributed by atoms with van der Waals surface area (Å²) in [5.41, 5.74) is 0.231. The van der Waals surface area contributed by atoms with Gasteiger partial charge in [0.15, 0.2) is 0 Å². The molecule has 4 aromatic carbocycles. The molecule has 0 radical (unpaired) electrons. The number of fused-ring (bicyclic) bond motifs is 1. The second-order valence-electron chi connectivity index (χ2n) is 7.89. The first-order chi connectivity index (χ1) is 17.5. The van der Waals surface area contributed by atoms with Crippen LogP contribution in [0.3, 0.4) is 0 Å². The molecule has 0 atom stereocenters. The molecule has 1 amide bonds. The van der Waals surface area contributed by atoms with Crippen LogP contribution in [0.15, 0.2) is 75.8 Å². The summed E-state index contributed by atoms with van der Waals surface area (Å²) in [4.78, 5) is 12.6. The number of ether oxygens (including phenoxy) is 1. The molecule has 0 fully saturated rings. The zero-order chi connectivity index (χ0) is 26.9. The Morgan fingerprint density at radius 3 is 2.45 bits per heavy atom. The second kappa shape index (κ2) is 12.0. The Balaban J connectivity index is 0.00000400. The van der Waals surface area contributed by atoms with Gasteiger partial charge in [-0.25, -0.2) is 0 Å². The number of carbonyl (C=O) groups is 1. The third-order valence-electron chi connectivity index (χ3n) is 5.33. The summed E-state index contributed by atoms with van der Waals surface area (Å²) < 4.78 is 38.1. The summed E-state index contributed by atoms with van der Waals surface area (Å²) in [5.74, 6) is -1.11.